The van der Waals surface area contributed by atoms with Gasteiger partial charge in [0.2, 0.25) is 11.7 Å². The minimum atomic E-state index is -4.67. The SMILES string of the molecule is Cc1c(N(C)Cc2nc(-c3cccnc3)no2)nn2c(C(F)(F)F)nnc2c1C. The molecule has 12 heteroatoms. The zero-order chi connectivity index (χ0) is 20.8. The van der Waals surface area contributed by atoms with Gasteiger partial charge < -0.3 is 9.42 Å². The lowest BCUT2D eigenvalue weighted by atomic mass is 10.2. The van der Waals surface area contributed by atoms with E-state index in [2.05, 4.69) is 30.4 Å². The molecule has 4 rings (SSSR count). The Hall–Kier alpha value is -3.57. The summed E-state index contributed by atoms with van der Waals surface area (Å²) in [7, 11) is 1.67. The predicted octanol–water partition coefficient (Wildman–Crippen LogP) is 2.84. The Morgan fingerprint density at radius 3 is 2.66 bits per heavy atom. The highest BCUT2D eigenvalue weighted by Gasteiger charge is 2.38. The second-order valence-electron chi connectivity index (χ2n) is 6.44. The van der Waals surface area contributed by atoms with Gasteiger partial charge in [-0.3, -0.25) is 4.98 Å². The zero-order valence-electron chi connectivity index (χ0n) is 15.6. The van der Waals surface area contributed by atoms with Gasteiger partial charge in [-0.15, -0.1) is 15.3 Å². The predicted molar refractivity (Wildman–Crippen MR) is 94.9 cm³/mol. The molecule has 0 radical (unpaired) electrons. The van der Waals surface area contributed by atoms with E-state index in [1.165, 1.54) is 0 Å². The maximum Gasteiger partial charge on any atom is 0.453 e. The molecule has 0 aliphatic rings. The molecule has 0 amide bonds. The van der Waals surface area contributed by atoms with E-state index in [1.807, 2.05) is 0 Å². The Kier molecular flexibility index (Phi) is 4.40. The van der Waals surface area contributed by atoms with E-state index in [0.717, 1.165) is 0 Å². The maximum absolute atomic E-state index is 13.2. The fourth-order valence-corrected chi connectivity index (χ4v) is 2.86. The van der Waals surface area contributed by atoms with Crippen LogP contribution in [0.4, 0.5) is 19.0 Å². The zero-order valence-corrected chi connectivity index (χ0v) is 15.6. The largest absolute Gasteiger partial charge is 0.453 e. The highest BCUT2D eigenvalue weighted by molar-refractivity contribution is 5.59. The number of hydrogen-bond acceptors (Lipinski definition) is 8. The van der Waals surface area contributed by atoms with Crippen molar-refractivity contribution in [3.8, 4) is 11.4 Å². The number of anilines is 1. The van der Waals surface area contributed by atoms with Crippen molar-refractivity contribution in [1.29, 1.82) is 0 Å². The third-order valence-corrected chi connectivity index (χ3v) is 4.44. The standard InChI is InChI=1S/C17H15F3N8O/c1-9-10(2)15(25-28-14(9)23-24-16(28)17(18,19)20)27(3)8-12-22-13(26-29-12)11-5-4-6-21-7-11/h4-7H,8H2,1-3H3. The van der Waals surface area contributed by atoms with Crippen molar-refractivity contribution in [2.75, 3.05) is 11.9 Å². The lowest BCUT2D eigenvalue weighted by Crippen LogP contribution is -2.22. The number of nitrogens with zero attached hydrogens (tertiary/aromatic N) is 8. The van der Waals surface area contributed by atoms with Crippen molar-refractivity contribution in [2.45, 2.75) is 26.6 Å². The van der Waals surface area contributed by atoms with Crippen molar-refractivity contribution < 1.29 is 17.7 Å². The van der Waals surface area contributed by atoms with E-state index in [1.54, 1.807) is 50.3 Å². The maximum atomic E-state index is 13.2. The van der Waals surface area contributed by atoms with Gasteiger partial charge in [0.05, 0.1) is 6.54 Å². The summed E-state index contributed by atoms with van der Waals surface area (Å²) >= 11 is 0. The molecule has 0 aliphatic heterocycles. The van der Waals surface area contributed by atoms with Crippen LogP contribution in [-0.4, -0.2) is 42.0 Å². The number of aryl methyl sites for hydroxylation is 1. The first-order chi connectivity index (χ1) is 13.8. The third kappa shape index (κ3) is 3.37. The molecule has 0 unspecified atom stereocenters. The smallest absolute Gasteiger partial charge is 0.349 e. The first-order valence-electron chi connectivity index (χ1n) is 8.49. The summed E-state index contributed by atoms with van der Waals surface area (Å²) in [5.74, 6) is -0.204. The van der Waals surface area contributed by atoms with Gasteiger partial charge in [0, 0.05) is 36.1 Å². The summed E-state index contributed by atoms with van der Waals surface area (Å²) in [6.07, 6.45) is -1.44. The Morgan fingerprint density at radius 2 is 1.97 bits per heavy atom. The van der Waals surface area contributed by atoms with Crippen molar-refractivity contribution in [2.24, 2.45) is 0 Å². The third-order valence-electron chi connectivity index (χ3n) is 4.44. The first kappa shape index (κ1) is 18.8. The van der Waals surface area contributed by atoms with Crippen LogP contribution in [0.3, 0.4) is 0 Å². The first-order valence-corrected chi connectivity index (χ1v) is 8.49. The molecule has 0 aromatic carbocycles. The van der Waals surface area contributed by atoms with Crippen LogP contribution in [0.1, 0.15) is 22.8 Å². The van der Waals surface area contributed by atoms with E-state index >= 15 is 0 Å². The summed E-state index contributed by atoms with van der Waals surface area (Å²) in [5.41, 5.74) is 1.97. The molecular formula is C17H15F3N8O. The van der Waals surface area contributed by atoms with Crippen LogP contribution in [0, 0.1) is 13.8 Å². The second kappa shape index (κ2) is 6.79. The van der Waals surface area contributed by atoms with E-state index < -0.39 is 12.0 Å². The lowest BCUT2D eigenvalue weighted by molar-refractivity contribution is -0.146. The molecule has 4 heterocycles. The fraction of sp³-hybridized carbons (Fsp3) is 0.294. The minimum absolute atomic E-state index is 0.0589. The van der Waals surface area contributed by atoms with Gasteiger partial charge in [0.25, 0.3) is 5.82 Å². The molecular weight excluding hydrogens is 389 g/mol. The Bertz CT molecular complexity index is 1170. The van der Waals surface area contributed by atoms with Gasteiger partial charge >= 0.3 is 6.18 Å². The lowest BCUT2D eigenvalue weighted by Gasteiger charge is -2.19. The Morgan fingerprint density at radius 1 is 1.17 bits per heavy atom. The Labute approximate surface area is 162 Å². The van der Waals surface area contributed by atoms with Crippen LogP contribution >= 0.6 is 0 Å². The molecule has 0 saturated heterocycles. The quantitative estimate of drug-likeness (QED) is 0.512. The molecule has 9 nitrogen and oxygen atoms in total. The van der Waals surface area contributed by atoms with Crippen LogP contribution in [0.5, 0.6) is 0 Å². The van der Waals surface area contributed by atoms with Crippen molar-refractivity contribution in [3.05, 3.63) is 47.4 Å². The molecule has 4 aromatic heterocycles. The van der Waals surface area contributed by atoms with Gasteiger partial charge in [0.15, 0.2) is 11.5 Å². The summed E-state index contributed by atoms with van der Waals surface area (Å²) in [5, 5.41) is 14.9. The number of halogens is 3. The average molecular weight is 404 g/mol. The van der Waals surface area contributed by atoms with Gasteiger partial charge in [-0.25, -0.2) is 0 Å². The Balaban J connectivity index is 1.68. The summed E-state index contributed by atoms with van der Waals surface area (Å²) < 4.78 is 45.6. The number of hydrogen-bond donors (Lipinski definition) is 0. The molecule has 0 saturated carbocycles. The van der Waals surface area contributed by atoms with Crippen LogP contribution in [0.15, 0.2) is 29.0 Å². The number of pyridine rings is 1. The molecule has 0 fully saturated rings. The van der Waals surface area contributed by atoms with E-state index in [0.29, 0.717) is 32.8 Å². The van der Waals surface area contributed by atoms with Crippen LogP contribution in [-0.2, 0) is 12.7 Å². The van der Waals surface area contributed by atoms with Crippen LogP contribution < -0.4 is 4.90 Å². The molecule has 29 heavy (non-hydrogen) atoms. The molecule has 4 aromatic rings. The normalized spacial score (nSPS) is 11.9. The van der Waals surface area contributed by atoms with Gasteiger partial charge in [-0.05, 0) is 26.0 Å². The van der Waals surface area contributed by atoms with Gasteiger partial charge in [0.1, 0.15) is 0 Å². The highest BCUT2D eigenvalue weighted by atomic mass is 19.4. The molecule has 0 bridgehead atoms. The van der Waals surface area contributed by atoms with Crippen molar-refractivity contribution in [1.82, 2.24) is 34.9 Å². The van der Waals surface area contributed by atoms with Crippen molar-refractivity contribution in [3.63, 3.8) is 0 Å². The minimum Gasteiger partial charge on any atom is -0.349 e. The molecule has 0 spiro atoms. The second-order valence-corrected chi connectivity index (χ2v) is 6.44. The highest BCUT2D eigenvalue weighted by Crippen LogP contribution is 2.30. The van der Waals surface area contributed by atoms with Crippen molar-refractivity contribution >= 4 is 11.5 Å². The topological polar surface area (TPSA) is 98.1 Å². The fourth-order valence-electron chi connectivity index (χ4n) is 2.86. The monoisotopic (exact) mass is 404 g/mol. The molecule has 150 valence electrons. The van der Waals surface area contributed by atoms with E-state index in [-0.39, 0.29) is 18.1 Å². The number of fused-ring (bicyclic) bond motifs is 1. The van der Waals surface area contributed by atoms with Gasteiger partial charge in [-0.2, -0.15) is 22.7 Å². The molecule has 0 aliphatic carbocycles. The van der Waals surface area contributed by atoms with Crippen LogP contribution in [0.25, 0.3) is 17.0 Å². The van der Waals surface area contributed by atoms with E-state index in [9.17, 15) is 13.2 Å². The van der Waals surface area contributed by atoms with Crippen LogP contribution in [0.2, 0.25) is 0 Å². The number of aromatic nitrogens is 7. The number of alkyl halides is 3. The summed E-state index contributed by atoms with van der Waals surface area (Å²) in [6, 6.07) is 3.54. The average Bonchev–Trinajstić information content (AvgIpc) is 3.32. The summed E-state index contributed by atoms with van der Waals surface area (Å²) in [4.78, 5) is 9.94. The summed E-state index contributed by atoms with van der Waals surface area (Å²) in [6.45, 7) is 3.58. The molecule has 0 atom stereocenters. The van der Waals surface area contributed by atoms with E-state index in [4.69, 9.17) is 4.52 Å². The molecule has 0 N–H and O–H groups in total. The number of rotatable bonds is 4. The van der Waals surface area contributed by atoms with Gasteiger partial charge in [-0.1, -0.05) is 5.16 Å².